The molecule has 2 amide bonds. The lowest BCUT2D eigenvalue weighted by Crippen LogP contribution is -2.51. The summed E-state index contributed by atoms with van der Waals surface area (Å²) < 4.78 is 0. The third kappa shape index (κ3) is 3.37. The van der Waals surface area contributed by atoms with Crippen LogP contribution in [0.1, 0.15) is 22.5 Å². The Balaban J connectivity index is 1.44. The van der Waals surface area contributed by atoms with E-state index >= 15 is 0 Å². The number of amides is 2. The first-order chi connectivity index (χ1) is 9.72. The molecule has 0 radical (unpaired) electrons. The summed E-state index contributed by atoms with van der Waals surface area (Å²) in [5.41, 5.74) is 0. The van der Waals surface area contributed by atoms with E-state index in [9.17, 15) is 9.59 Å². The fourth-order valence-corrected chi connectivity index (χ4v) is 3.06. The number of thiophene rings is 1. The molecule has 0 spiro atoms. The van der Waals surface area contributed by atoms with Gasteiger partial charge in [-0.3, -0.25) is 14.5 Å². The van der Waals surface area contributed by atoms with Crippen LogP contribution in [0.3, 0.4) is 0 Å². The largest absolute Gasteiger partial charge is 0.352 e. The Morgan fingerprint density at radius 2 is 2.00 bits per heavy atom. The number of rotatable bonds is 4. The quantitative estimate of drug-likeness (QED) is 0.893. The molecular weight excluding hydrogens is 274 g/mol. The van der Waals surface area contributed by atoms with Crippen LogP contribution in [-0.4, -0.2) is 60.4 Å². The zero-order valence-electron chi connectivity index (χ0n) is 11.4. The smallest absolute Gasteiger partial charge is 0.264 e. The predicted octanol–water partition coefficient (Wildman–Crippen LogP) is 0.784. The van der Waals surface area contributed by atoms with Crippen LogP contribution in [0.5, 0.6) is 0 Å². The molecule has 1 saturated heterocycles. The molecule has 1 aliphatic heterocycles. The van der Waals surface area contributed by atoms with Gasteiger partial charge in [-0.15, -0.1) is 11.3 Å². The second kappa shape index (κ2) is 5.93. The van der Waals surface area contributed by atoms with Crippen molar-refractivity contribution in [2.45, 2.75) is 18.9 Å². The molecule has 2 heterocycles. The monoisotopic (exact) mass is 293 g/mol. The van der Waals surface area contributed by atoms with Gasteiger partial charge in [0.2, 0.25) is 5.91 Å². The highest BCUT2D eigenvalue weighted by atomic mass is 32.1. The molecule has 1 saturated carbocycles. The highest BCUT2D eigenvalue weighted by Gasteiger charge is 2.26. The minimum absolute atomic E-state index is 0.113. The Morgan fingerprint density at radius 3 is 2.60 bits per heavy atom. The number of piperazine rings is 1. The van der Waals surface area contributed by atoms with E-state index in [1.807, 2.05) is 22.4 Å². The average molecular weight is 293 g/mol. The van der Waals surface area contributed by atoms with Gasteiger partial charge in [-0.25, -0.2) is 0 Å². The van der Waals surface area contributed by atoms with E-state index in [1.54, 1.807) is 0 Å². The summed E-state index contributed by atoms with van der Waals surface area (Å²) in [7, 11) is 0. The molecule has 0 atom stereocenters. The SMILES string of the molecule is O=C(CN1CCN(C(=O)c2cccs2)CC1)NC1CC1. The van der Waals surface area contributed by atoms with Crippen molar-refractivity contribution in [2.24, 2.45) is 0 Å². The summed E-state index contributed by atoms with van der Waals surface area (Å²) in [4.78, 5) is 28.7. The van der Waals surface area contributed by atoms with Crippen LogP contribution in [0.2, 0.25) is 0 Å². The standard InChI is InChI=1S/C14H19N3O2S/c18-13(15-11-3-4-11)10-16-5-7-17(8-6-16)14(19)12-2-1-9-20-12/h1-2,9,11H,3-8,10H2,(H,15,18). The normalized spacial score (nSPS) is 19.9. The van der Waals surface area contributed by atoms with E-state index in [0.717, 1.165) is 30.8 Å². The number of carbonyl (C=O) groups excluding carboxylic acids is 2. The second-order valence-corrected chi connectivity index (χ2v) is 6.34. The van der Waals surface area contributed by atoms with Gasteiger partial charge in [-0.05, 0) is 24.3 Å². The molecule has 108 valence electrons. The molecule has 20 heavy (non-hydrogen) atoms. The highest BCUT2D eigenvalue weighted by Crippen LogP contribution is 2.18. The van der Waals surface area contributed by atoms with Crippen LogP contribution < -0.4 is 5.32 Å². The zero-order chi connectivity index (χ0) is 13.9. The van der Waals surface area contributed by atoms with E-state index in [0.29, 0.717) is 25.7 Å². The Morgan fingerprint density at radius 1 is 1.25 bits per heavy atom. The molecule has 2 fully saturated rings. The highest BCUT2D eigenvalue weighted by molar-refractivity contribution is 7.12. The second-order valence-electron chi connectivity index (χ2n) is 5.39. The Kier molecular flexibility index (Phi) is 4.03. The fraction of sp³-hybridized carbons (Fsp3) is 0.571. The maximum Gasteiger partial charge on any atom is 0.264 e. The van der Waals surface area contributed by atoms with Crippen molar-refractivity contribution in [1.29, 1.82) is 0 Å². The molecule has 3 rings (SSSR count). The van der Waals surface area contributed by atoms with Crippen molar-refractivity contribution in [3.63, 3.8) is 0 Å². The first-order valence-electron chi connectivity index (χ1n) is 7.07. The van der Waals surface area contributed by atoms with Crippen LogP contribution >= 0.6 is 11.3 Å². The van der Waals surface area contributed by atoms with Gasteiger partial charge in [0.05, 0.1) is 11.4 Å². The number of nitrogens with one attached hydrogen (secondary N) is 1. The molecule has 5 nitrogen and oxygen atoms in total. The summed E-state index contributed by atoms with van der Waals surface area (Å²) in [6, 6.07) is 4.18. The minimum atomic E-state index is 0.113. The zero-order valence-corrected chi connectivity index (χ0v) is 12.2. The molecule has 0 bridgehead atoms. The molecule has 2 aliphatic rings. The van der Waals surface area contributed by atoms with E-state index in [-0.39, 0.29) is 11.8 Å². The summed E-state index contributed by atoms with van der Waals surface area (Å²) in [6.45, 7) is 3.41. The maximum atomic E-state index is 12.2. The maximum absolute atomic E-state index is 12.2. The van der Waals surface area contributed by atoms with Crippen LogP contribution in [0, 0.1) is 0 Å². The molecule has 0 aromatic carbocycles. The van der Waals surface area contributed by atoms with Crippen LogP contribution in [0.15, 0.2) is 17.5 Å². The van der Waals surface area contributed by atoms with Gasteiger partial charge in [0.15, 0.2) is 0 Å². The molecule has 1 N–H and O–H groups in total. The van der Waals surface area contributed by atoms with Gasteiger partial charge in [0.25, 0.3) is 5.91 Å². The van der Waals surface area contributed by atoms with Crippen LogP contribution in [-0.2, 0) is 4.79 Å². The van der Waals surface area contributed by atoms with Crippen molar-refractivity contribution in [1.82, 2.24) is 15.1 Å². The molecule has 1 aromatic heterocycles. The third-order valence-corrected chi connectivity index (χ3v) is 4.56. The van der Waals surface area contributed by atoms with E-state index in [4.69, 9.17) is 0 Å². The molecule has 1 aromatic rings. The van der Waals surface area contributed by atoms with Crippen molar-refractivity contribution < 1.29 is 9.59 Å². The summed E-state index contributed by atoms with van der Waals surface area (Å²) in [6.07, 6.45) is 2.24. The van der Waals surface area contributed by atoms with Crippen LogP contribution in [0.4, 0.5) is 0 Å². The van der Waals surface area contributed by atoms with Crippen LogP contribution in [0.25, 0.3) is 0 Å². The van der Waals surface area contributed by atoms with Crippen molar-refractivity contribution in [3.8, 4) is 0 Å². The first kappa shape index (κ1) is 13.6. The van der Waals surface area contributed by atoms with Gasteiger partial charge in [-0.2, -0.15) is 0 Å². The van der Waals surface area contributed by atoms with Gasteiger partial charge >= 0.3 is 0 Å². The number of nitrogens with zero attached hydrogens (tertiary/aromatic N) is 2. The lowest BCUT2D eigenvalue weighted by atomic mass is 10.3. The Labute approximate surface area is 122 Å². The van der Waals surface area contributed by atoms with Gasteiger partial charge in [-0.1, -0.05) is 6.07 Å². The van der Waals surface area contributed by atoms with Crippen molar-refractivity contribution >= 4 is 23.2 Å². The molecular formula is C14H19N3O2S. The molecule has 1 aliphatic carbocycles. The lowest BCUT2D eigenvalue weighted by Gasteiger charge is -2.34. The summed E-state index contributed by atoms with van der Waals surface area (Å²) in [5, 5.41) is 4.92. The van der Waals surface area contributed by atoms with Gasteiger partial charge < -0.3 is 10.2 Å². The van der Waals surface area contributed by atoms with E-state index < -0.39 is 0 Å². The van der Waals surface area contributed by atoms with E-state index in [1.165, 1.54) is 11.3 Å². The Bertz CT molecular complexity index is 477. The minimum Gasteiger partial charge on any atom is -0.352 e. The van der Waals surface area contributed by atoms with Gasteiger partial charge in [0, 0.05) is 32.2 Å². The molecule has 0 unspecified atom stereocenters. The molecule has 6 heteroatoms. The third-order valence-electron chi connectivity index (χ3n) is 3.70. The number of hydrogen-bond acceptors (Lipinski definition) is 4. The number of carbonyl (C=O) groups is 2. The van der Waals surface area contributed by atoms with Crippen molar-refractivity contribution in [2.75, 3.05) is 32.7 Å². The van der Waals surface area contributed by atoms with E-state index in [2.05, 4.69) is 10.2 Å². The number of hydrogen-bond donors (Lipinski definition) is 1. The summed E-state index contributed by atoms with van der Waals surface area (Å²) in [5.74, 6) is 0.229. The average Bonchev–Trinajstić information content (AvgIpc) is 3.08. The predicted molar refractivity (Wildman–Crippen MR) is 77.8 cm³/mol. The van der Waals surface area contributed by atoms with Gasteiger partial charge in [0.1, 0.15) is 0 Å². The lowest BCUT2D eigenvalue weighted by molar-refractivity contribution is -0.122. The fourth-order valence-electron chi connectivity index (χ4n) is 2.37. The summed E-state index contributed by atoms with van der Waals surface area (Å²) >= 11 is 1.48. The Hall–Kier alpha value is -1.40. The topological polar surface area (TPSA) is 52.7 Å². The first-order valence-corrected chi connectivity index (χ1v) is 7.95. The van der Waals surface area contributed by atoms with Crippen molar-refractivity contribution in [3.05, 3.63) is 22.4 Å².